The fourth-order valence-corrected chi connectivity index (χ4v) is 3.25. The van der Waals surface area contributed by atoms with Crippen LogP contribution >= 0.6 is 11.8 Å². The number of amidine groups is 1. The van der Waals surface area contributed by atoms with Crippen LogP contribution in [0.2, 0.25) is 0 Å². The second kappa shape index (κ2) is 7.28. The zero-order chi connectivity index (χ0) is 18.0. The van der Waals surface area contributed by atoms with Crippen molar-refractivity contribution < 1.29 is 4.79 Å². The summed E-state index contributed by atoms with van der Waals surface area (Å²) in [4.78, 5) is 19.1. The summed E-state index contributed by atoms with van der Waals surface area (Å²) in [7, 11) is 0. The van der Waals surface area contributed by atoms with Gasteiger partial charge in [0.15, 0.2) is 5.17 Å². The summed E-state index contributed by atoms with van der Waals surface area (Å²) in [5, 5.41) is 0.707. The van der Waals surface area contributed by atoms with E-state index >= 15 is 0 Å². The zero-order valence-electron chi connectivity index (χ0n) is 15.0. The molecule has 2 aromatic carbocycles. The number of hydrogen-bond acceptors (Lipinski definition) is 3. The third-order valence-electron chi connectivity index (χ3n) is 4.21. The van der Waals surface area contributed by atoms with Gasteiger partial charge in [0.05, 0.1) is 5.69 Å². The van der Waals surface area contributed by atoms with Gasteiger partial charge in [-0.3, -0.25) is 9.69 Å². The average Bonchev–Trinajstić information content (AvgIpc) is 2.92. The number of carbonyl (C=O) groups excluding carboxylic acids is 1. The Kier molecular flexibility index (Phi) is 5.09. The van der Waals surface area contributed by atoms with Gasteiger partial charge in [-0.05, 0) is 48.4 Å². The minimum atomic E-state index is -0.0823. The molecule has 0 saturated carbocycles. The van der Waals surface area contributed by atoms with E-state index in [0.717, 1.165) is 11.3 Å². The summed E-state index contributed by atoms with van der Waals surface area (Å²) in [6, 6.07) is 16.2. The van der Waals surface area contributed by atoms with Crippen molar-refractivity contribution in [3.63, 3.8) is 0 Å². The number of aryl methyl sites for hydroxylation is 1. The number of rotatable bonds is 3. The van der Waals surface area contributed by atoms with E-state index in [1.165, 1.54) is 22.9 Å². The molecule has 0 bridgehead atoms. The number of carbonyl (C=O) groups is 1. The van der Waals surface area contributed by atoms with Crippen molar-refractivity contribution >= 4 is 34.6 Å². The monoisotopic (exact) mass is 350 g/mol. The van der Waals surface area contributed by atoms with Crippen LogP contribution in [0.4, 0.5) is 5.69 Å². The summed E-state index contributed by atoms with van der Waals surface area (Å²) < 4.78 is 0. The third kappa shape index (κ3) is 3.69. The van der Waals surface area contributed by atoms with E-state index in [1.807, 2.05) is 55.7 Å². The molecule has 0 N–H and O–H groups in total. The van der Waals surface area contributed by atoms with Crippen molar-refractivity contribution in [1.82, 2.24) is 0 Å². The Balaban J connectivity index is 1.91. The molecular weight excluding hydrogens is 328 g/mol. The van der Waals surface area contributed by atoms with Gasteiger partial charge in [0.1, 0.15) is 5.70 Å². The van der Waals surface area contributed by atoms with Crippen LogP contribution in [-0.4, -0.2) is 17.3 Å². The highest BCUT2D eigenvalue weighted by Crippen LogP contribution is 2.29. The smallest absolute Gasteiger partial charge is 0.266 e. The lowest BCUT2D eigenvalue weighted by molar-refractivity contribution is -0.113. The largest absolute Gasteiger partial charge is 0.283 e. The Morgan fingerprint density at radius 2 is 1.68 bits per heavy atom. The van der Waals surface area contributed by atoms with Crippen molar-refractivity contribution in [2.75, 3.05) is 11.2 Å². The zero-order valence-corrected chi connectivity index (χ0v) is 15.8. The van der Waals surface area contributed by atoms with Crippen LogP contribution in [0.15, 0.2) is 59.2 Å². The standard InChI is InChI=1S/C21H22N2OS/c1-14(2)17-9-7-16(8-10-17)13-19-20(24)23(21(22-19)25-4)18-11-5-15(3)6-12-18/h5-14H,1-4H3/b19-13-. The van der Waals surface area contributed by atoms with Crippen LogP contribution < -0.4 is 4.90 Å². The second-order valence-electron chi connectivity index (χ2n) is 6.43. The topological polar surface area (TPSA) is 32.7 Å². The van der Waals surface area contributed by atoms with Gasteiger partial charge in [-0.2, -0.15) is 0 Å². The van der Waals surface area contributed by atoms with Crippen molar-refractivity contribution in [2.45, 2.75) is 26.7 Å². The molecular formula is C21H22N2OS. The first-order valence-corrected chi connectivity index (χ1v) is 9.57. The van der Waals surface area contributed by atoms with Crippen LogP contribution in [-0.2, 0) is 4.79 Å². The van der Waals surface area contributed by atoms with Gasteiger partial charge in [-0.1, -0.05) is 67.6 Å². The van der Waals surface area contributed by atoms with E-state index in [4.69, 9.17) is 0 Å². The molecule has 0 saturated heterocycles. The molecule has 0 atom stereocenters. The molecule has 1 aliphatic heterocycles. The number of anilines is 1. The summed E-state index contributed by atoms with van der Waals surface area (Å²) in [5.74, 6) is 0.411. The van der Waals surface area contributed by atoms with Crippen LogP contribution in [0.5, 0.6) is 0 Å². The summed E-state index contributed by atoms with van der Waals surface area (Å²) in [6.07, 6.45) is 3.80. The van der Waals surface area contributed by atoms with E-state index in [9.17, 15) is 4.79 Å². The molecule has 1 aliphatic rings. The number of amides is 1. The molecule has 0 radical (unpaired) electrons. The van der Waals surface area contributed by atoms with E-state index < -0.39 is 0 Å². The van der Waals surface area contributed by atoms with Gasteiger partial charge in [0.25, 0.3) is 5.91 Å². The minimum Gasteiger partial charge on any atom is -0.266 e. The van der Waals surface area contributed by atoms with Crippen LogP contribution in [0.1, 0.15) is 36.5 Å². The fraction of sp³-hybridized carbons (Fsp3) is 0.238. The van der Waals surface area contributed by atoms with Crippen LogP contribution in [0, 0.1) is 6.92 Å². The van der Waals surface area contributed by atoms with Gasteiger partial charge < -0.3 is 0 Å². The number of nitrogens with zero attached hydrogens (tertiary/aromatic N) is 2. The first-order chi connectivity index (χ1) is 12.0. The summed E-state index contributed by atoms with van der Waals surface area (Å²) >= 11 is 1.48. The minimum absolute atomic E-state index is 0.0823. The quantitative estimate of drug-likeness (QED) is 0.711. The van der Waals surface area contributed by atoms with Crippen LogP contribution in [0.25, 0.3) is 6.08 Å². The Morgan fingerprint density at radius 1 is 1.04 bits per heavy atom. The highest BCUT2D eigenvalue weighted by molar-refractivity contribution is 8.13. The number of aliphatic imine (C=N–C) groups is 1. The maximum Gasteiger partial charge on any atom is 0.283 e. The molecule has 128 valence electrons. The van der Waals surface area contributed by atoms with E-state index in [2.05, 4.69) is 31.0 Å². The lowest BCUT2D eigenvalue weighted by Crippen LogP contribution is -2.29. The molecule has 0 aromatic heterocycles. The Bertz CT molecular complexity index is 833. The number of thioether (sulfide) groups is 1. The van der Waals surface area contributed by atoms with Crippen molar-refractivity contribution in [2.24, 2.45) is 4.99 Å². The van der Waals surface area contributed by atoms with Crippen LogP contribution in [0.3, 0.4) is 0 Å². The highest BCUT2D eigenvalue weighted by Gasteiger charge is 2.31. The molecule has 2 aromatic rings. The molecule has 0 unspecified atom stereocenters. The van der Waals surface area contributed by atoms with E-state index in [0.29, 0.717) is 16.8 Å². The predicted molar refractivity (Wildman–Crippen MR) is 108 cm³/mol. The van der Waals surface area contributed by atoms with E-state index in [1.54, 1.807) is 4.90 Å². The SMILES string of the molecule is CSC1=N/C(=C\c2ccc(C(C)C)cc2)C(=O)N1c1ccc(C)cc1. The Hall–Kier alpha value is -2.33. The maximum atomic E-state index is 12.9. The summed E-state index contributed by atoms with van der Waals surface area (Å²) in [6.45, 7) is 6.37. The second-order valence-corrected chi connectivity index (χ2v) is 7.20. The first kappa shape index (κ1) is 17.5. The molecule has 0 spiro atoms. The lowest BCUT2D eigenvalue weighted by Gasteiger charge is -2.16. The molecule has 0 aliphatic carbocycles. The number of hydrogen-bond donors (Lipinski definition) is 0. The third-order valence-corrected chi connectivity index (χ3v) is 4.85. The lowest BCUT2D eigenvalue weighted by atomic mass is 10.0. The molecule has 25 heavy (non-hydrogen) atoms. The number of benzene rings is 2. The van der Waals surface area contributed by atoms with Gasteiger partial charge >= 0.3 is 0 Å². The molecule has 0 fully saturated rings. The maximum absolute atomic E-state index is 12.9. The Labute approximate surface area is 153 Å². The normalized spacial score (nSPS) is 16.0. The van der Waals surface area contributed by atoms with E-state index in [-0.39, 0.29) is 5.91 Å². The molecule has 3 rings (SSSR count). The summed E-state index contributed by atoms with van der Waals surface area (Å²) in [5.41, 5.74) is 4.76. The average molecular weight is 350 g/mol. The van der Waals surface area contributed by atoms with Gasteiger partial charge in [-0.25, -0.2) is 4.99 Å². The molecule has 4 heteroatoms. The highest BCUT2D eigenvalue weighted by atomic mass is 32.2. The van der Waals surface area contributed by atoms with Gasteiger partial charge in [-0.15, -0.1) is 0 Å². The molecule has 3 nitrogen and oxygen atoms in total. The first-order valence-electron chi connectivity index (χ1n) is 8.35. The molecule has 1 amide bonds. The van der Waals surface area contributed by atoms with Crippen molar-refractivity contribution in [3.05, 3.63) is 70.9 Å². The Morgan fingerprint density at radius 3 is 2.24 bits per heavy atom. The van der Waals surface area contributed by atoms with Gasteiger partial charge in [0, 0.05) is 0 Å². The molecule has 1 heterocycles. The van der Waals surface area contributed by atoms with Gasteiger partial charge in [0.2, 0.25) is 0 Å². The van der Waals surface area contributed by atoms with Crippen molar-refractivity contribution in [1.29, 1.82) is 0 Å². The predicted octanol–water partition coefficient (Wildman–Crippen LogP) is 5.23. The van der Waals surface area contributed by atoms with Crippen molar-refractivity contribution in [3.8, 4) is 0 Å². The fourth-order valence-electron chi connectivity index (χ4n) is 2.69.